The van der Waals surface area contributed by atoms with Crippen LogP contribution in [-0.4, -0.2) is 102 Å². The number of esters is 1. The van der Waals surface area contributed by atoms with Crippen molar-refractivity contribution in [2.45, 2.75) is 59.5 Å². The second kappa shape index (κ2) is 14.5. The molecule has 248 valence electrons. The quantitative estimate of drug-likeness (QED) is 0.291. The zero-order valence-corrected chi connectivity index (χ0v) is 27.5. The van der Waals surface area contributed by atoms with Crippen molar-refractivity contribution in [3.8, 4) is 11.4 Å². The van der Waals surface area contributed by atoms with Gasteiger partial charge in [0.05, 0.1) is 19.1 Å². The molecular weight excluding hydrogens is 588 g/mol. The Balaban J connectivity index is 1.29. The summed E-state index contributed by atoms with van der Waals surface area (Å²) in [5.41, 5.74) is 0.932. The minimum absolute atomic E-state index is 0.0801. The number of anilines is 1. The van der Waals surface area contributed by atoms with Crippen LogP contribution >= 0.6 is 0 Å². The van der Waals surface area contributed by atoms with Gasteiger partial charge in [-0.25, -0.2) is 14.8 Å². The third-order valence-corrected chi connectivity index (χ3v) is 9.17. The first-order chi connectivity index (χ1) is 22.1. The van der Waals surface area contributed by atoms with Crippen LogP contribution in [-0.2, 0) is 19.1 Å². The lowest BCUT2D eigenvalue weighted by Gasteiger charge is -2.40. The van der Waals surface area contributed by atoms with Gasteiger partial charge in [-0.15, -0.1) is 0 Å². The lowest BCUT2D eigenvalue weighted by molar-refractivity contribution is -0.145. The fourth-order valence-corrected chi connectivity index (χ4v) is 6.47. The molecule has 1 saturated carbocycles. The summed E-state index contributed by atoms with van der Waals surface area (Å²) >= 11 is 0. The molecule has 1 aromatic heterocycles. The van der Waals surface area contributed by atoms with E-state index < -0.39 is 11.9 Å². The summed E-state index contributed by atoms with van der Waals surface area (Å²) in [6.07, 6.45) is 1.39. The van der Waals surface area contributed by atoms with E-state index in [0.29, 0.717) is 57.6 Å². The Morgan fingerprint density at radius 1 is 0.978 bits per heavy atom. The van der Waals surface area contributed by atoms with E-state index in [-0.39, 0.29) is 53.4 Å². The average molecular weight is 635 g/mol. The highest BCUT2D eigenvalue weighted by Crippen LogP contribution is 2.53. The SMILES string of the molecule is CCCCOC(=O)N1CCN(C(=O)[C@@H](NC(=O)c2cc(N3C[C@@H]4[C@H](C3)[C@@H]4C(=O)OCC)nc(-c3ccccc3)n2)C(C)C)C[C@H]1C. The standard InChI is InChI=1S/C34H46N6O6/c1-6-8-16-46-34(44)40-15-14-38(18-22(40)5)32(42)29(21(3)4)37-31(41)26-17-27(36-30(35-26)23-12-10-9-11-13-23)39-19-24-25(20-39)28(24)33(43)45-7-2/h9-13,17,21-22,24-25,28-29H,6-8,14-16,18-20H2,1-5H3,(H,37,41)/t22-,24-,25+,28-,29+/m1/s1. The van der Waals surface area contributed by atoms with Crippen molar-refractivity contribution in [1.29, 1.82) is 0 Å². The van der Waals surface area contributed by atoms with Gasteiger partial charge in [-0.05, 0) is 38.0 Å². The lowest BCUT2D eigenvalue weighted by atomic mass is 10.0. The number of carbonyl (C=O) groups excluding carboxylic acids is 4. The first-order valence-corrected chi connectivity index (χ1v) is 16.5. The summed E-state index contributed by atoms with van der Waals surface area (Å²) in [6.45, 7) is 12.6. The van der Waals surface area contributed by atoms with E-state index >= 15 is 0 Å². The number of hydrogen-bond donors (Lipinski definition) is 1. The Labute approximate surface area is 270 Å². The number of amides is 3. The van der Waals surface area contributed by atoms with Crippen LogP contribution in [0.2, 0.25) is 0 Å². The van der Waals surface area contributed by atoms with E-state index in [1.807, 2.05) is 65.0 Å². The third-order valence-electron chi connectivity index (χ3n) is 9.17. The molecule has 2 aliphatic heterocycles. The molecule has 0 bridgehead atoms. The number of piperazine rings is 1. The van der Waals surface area contributed by atoms with Gasteiger partial charge >= 0.3 is 12.1 Å². The monoisotopic (exact) mass is 634 g/mol. The largest absolute Gasteiger partial charge is 0.466 e. The van der Waals surface area contributed by atoms with Crippen LogP contribution < -0.4 is 10.2 Å². The van der Waals surface area contributed by atoms with Crippen molar-refractivity contribution in [1.82, 2.24) is 25.1 Å². The number of benzene rings is 1. The van der Waals surface area contributed by atoms with Gasteiger partial charge in [0.1, 0.15) is 17.6 Å². The van der Waals surface area contributed by atoms with E-state index in [9.17, 15) is 19.2 Å². The summed E-state index contributed by atoms with van der Waals surface area (Å²) in [6, 6.07) is 10.1. The molecule has 3 aliphatic rings. The van der Waals surface area contributed by atoms with Gasteiger partial charge in [0.25, 0.3) is 5.91 Å². The minimum Gasteiger partial charge on any atom is -0.466 e. The highest BCUT2D eigenvalue weighted by molar-refractivity contribution is 5.97. The van der Waals surface area contributed by atoms with Crippen LogP contribution in [0.5, 0.6) is 0 Å². The number of hydrogen-bond acceptors (Lipinski definition) is 9. The van der Waals surface area contributed by atoms with Crippen molar-refractivity contribution in [3.05, 3.63) is 42.1 Å². The molecular formula is C34H46N6O6. The predicted molar refractivity (Wildman–Crippen MR) is 172 cm³/mol. The topological polar surface area (TPSA) is 134 Å². The normalized spacial score (nSPS) is 22.7. The van der Waals surface area contributed by atoms with E-state index in [2.05, 4.69) is 15.2 Å². The number of ether oxygens (including phenoxy) is 2. The second-order valence-corrected chi connectivity index (χ2v) is 12.8. The number of nitrogens with zero attached hydrogens (tertiary/aromatic N) is 5. The minimum atomic E-state index is -0.786. The molecule has 1 N–H and O–H groups in total. The second-order valence-electron chi connectivity index (χ2n) is 12.8. The van der Waals surface area contributed by atoms with Crippen LogP contribution in [0.4, 0.5) is 10.6 Å². The molecule has 12 nitrogen and oxygen atoms in total. The van der Waals surface area contributed by atoms with Crippen molar-refractivity contribution >= 4 is 29.7 Å². The maximum Gasteiger partial charge on any atom is 0.410 e. The predicted octanol–water partition coefficient (Wildman–Crippen LogP) is 3.61. The fourth-order valence-electron chi connectivity index (χ4n) is 6.47. The number of piperidine rings is 1. The van der Waals surface area contributed by atoms with Crippen LogP contribution in [0.15, 0.2) is 36.4 Å². The van der Waals surface area contributed by atoms with E-state index in [1.165, 1.54) is 0 Å². The molecule has 1 aliphatic carbocycles. The fraction of sp³-hybridized carbons (Fsp3) is 0.588. The molecule has 2 saturated heterocycles. The molecule has 1 aromatic carbocycles. The Morgan fingerprint density at radius 3 is 2.33 bits per heavy atom. The van der Waals surface area contributed by atoms with Gasteiger partial charge in [-0.3, -0.25) is 14.4 Å². The van der Waals surface area contributed by atoms with Crippen LogP contribution in [0.25, 0.3) is 11.4 Å². The highest BCUT2D eigenvalue weighted by atomic mass is 16.6. The number of unbranched alkanes of at least 4 members (excludes halogenated alkanes) is 1. The van der Waals surface area contributed by atoms with Crippen molar-refractivity contribution < 1.29 is 28.7 Å². The van der Waals surface area contributed by atoms with E-state index in [1.54, 1.807) is 15.9 Å². The number of aromatic nitrogens is 2. The molecule has 46 heavy (non-hydrogen) atoms. The summed E-state index contributed by atoms with van der Waals surface area (Å²) in [7, 11) is 0. The molecule has 3 fully saturated rings. The van der Waals surface area contributed by atoms with Gasteiger partial charge < -0.3 is 29.5 Å². The number of carbonyl (C=O) groups is 4. The molecule has 3 heterocycles. The molecule has 0 spiro atoms. The Kier molecular flexibility index (Phi) is 10.4. The Morgan fingerprint density at radius 2 is 1.70 bits per heavy atom. The smallest absolute Gasteiger partial charge is 0.410 e. The molecule has 0 unspecified atom stereocenters. The molecule has 12 heteroatoms. The van der Waals surface area contributed by atoms with Crippen molar-refractivity contribution in [2.75, 3.05) is 50.8 Å². The van der Waals surface area contributed by atoms with E-state index in [0.717, 1.165) is 18.4 Å². The van der Waals surface area contributed by atoms with E-state index in [4.69, 9.17) is 14.5 Å². The zero-order chi connectivity index (χ0) is 33.0. The molecule has 3 amide bonds. The van der Waals surface area contributed by atoms with Gasteiger partial charge in [0.2, 0.25) is 5.91 Å². The first kappa shape index (κ1) is 33.2. The molecule has 5 rings (SSSR count). The Hall–Kier alpha value is -4.22. The number of rotatable bonds is 11. The lowest BCUT2D eigenvalue weighted by Crippen LogP contribution is -2.60. The maximum atomic E-state index is 13.8. The van der Waals surface area contributed by atoms with Gasteiger partial charge in [-0.1, -0.05) is 57.5 Å². The van der Waals surface area contributed by atoms with Crippen molar-refractivity contribution in [3.63, 3.8) is 0 Å². The summed E-state index contributed by atoms with van der Waals surface area (Å²) in [4.78, 5) is 67.3. The van der Waals surface area contributed by atoms with Crippen LogP contribution in [0, 0.1) is 23.7 Å². The van der Waals surface area contributed by atoms with Gasteiger partial charge in [0, 0.05) is 50.4 Å². The third kappa shape index (κ3) is 7.26. The maximum absolute atomic E-state index is 13.8. The van der Waals surface area contributed by atoms with Gasteiger partial charge in [-0.2, -0.15) is 0 Å². The average Bonchev–Trinajstić information content (AvgIpc) is 3.56. The summed E-state index contributed by atoms with van der Waals surface area (Å²) in [5, 5.41) is 2.96. The van der Waals surface area contributed by atoms with Gasteiger partial charge in [0.15, 0.2) is 5.82 Å². The van der Waals surface area contributed by atoms with Crippen molar-refractivity contribution in [2.24, 2.45) is 23.7 Å². The first-order valence-electron chi connectivity index (χ1n) is 16.5. The van der Waals surface area contributed by atoms with Crippen LogP contribution in [0.1, 0.15) is 57.9 Å². The Bertz CT molecular complexity index is 1410. The highest BCUT2D eigenvalue weighted by Gasteiger charge is 2.60. The number of fused-ring (bicyclic) bond motifs is 1. The molecule has 5 atom stereocenters. The number of nitrogens with one attached hydrogen (secondary N) is 1. The molecule has 0 radical (unpaired) electrons. The molecule has 2 aromatic rings. The summed E-state index contributed by atoms with van der Waals surface area (Å²) < 4.78 is 10.6. The zero-order valence-electron chi connectivity index (χ0n) is 27.5. The summed E-state index contributed by atoms with van der Waals surface area (Å²) in [5.74, 6) is 0.353. The van der Waals surface area contributed by atoms with Crippen LogP contribution in [0.3, 0.4) is 0 Å².